The van der Waals surface area contributed by atoms with Crippen molar-refractivity contribution >= 4 is 11.8 Å². The number of hydrogen-bond donors (Lipinski definition) is 1. The van der Waals surface area contributed by atoms with E-state index in [-0.39, 0.29) is 6.10 Å². The highest BCUT2D eigenvalue weighted by Gasteiger charge is 2.23. The van der Waals surface area contributed by atoms with E-state index in [9.17, 15) is 5.11 Å². The first-order chi connectivity index (χ1) is 7.27. The lowest BCUT2D eigenvalue weighted by atomic mass is 9.97. The summed E-state index contributed by atoms with van der Waals surface area (Å²) in [7, 11) is 0. The lowest BCUT2D eigenvalue weighted by molar-refractivity contribution is 0.137. The van der Waals surface area contributed by atoms with E-state index < -0.39 is 0 Å². The molecule has 1 fully saturated rings. The van der Waals surface area contributed by atoms with Gasteiger partial charge in [-0.15, -0.1) is 11.8 Å². The van der Waals surface area contributed by atoms with Crippen molar-refractivity contribution < 1.29 is 9.52 Å². The van der Waals surface area contributed by atoms with Crippen molar-refractivity contribution in [1.29, 1.82) is 0 Å². The van der Waals surface area contributed by atoms with Crippen molar-refractivity contribution in [3.05, 3.63) is 23.7 Å². The third kappa shape index (κ3) is 2.79. The first-order valence-electron chi connectivity index (χ1n) is 5.60. The van der Waals surface area contributed by atoms with Crippen molar-refractivity contribution in [2.75, 3.05) is 0 Å². The first kappa shape index (κ1) is 11.1. The standard InChI is InChI=1S/C12H18O2S/c1-9-6-7-14-11(9)8-15-12-5-3-2-4-10(12)13/h6-7,10,12-13H,2-5,8H2,1H3/t10-,12-/m1/s1. The molecule has 0 saturated heterocycles. The molecule has 0 aromatic carbocycles. The highest BCUT2D eigenvalue weighted by Crippen LogP contribution is 2.31. The third-order valence-electron chi connectivity index (χ3n) is 3.06. The summed E-state index contributed by atoms with van der Waals surface area (Å²) >= 11 is 1.83. The van der Waals surface area contributed by atoms with Gasteiger partial charge in [0.2, 0.25) is 0 Å². The molecule has 1 aliphatic carbocycles. The number of rotatable bonds is 3. The number of aliphatic hydroxyl groups is 1. The van der Waals surface area contributed by atoms with Crippen LogP contribution in [-0.4, -0.2) is 16.5 Å². The lowest BCUT2D eigenvalue weighted by Crippen LogP contribution is -2.26. The van der Waals surface area contributed by atoms with Crippen LogP contribution in [0.5, 0.6) is 0 Å². The van der Waals surface area contributed by atoms with Gasteiger partial charge >= 0.3 is 0 Å². The Morgan fingerprint density at radius 3 is 2.93 bits per heavy atom. The molecule has 2 nitrogen and oxygen atoms in total. The fraction of sp³-hybridized carbons (Fsp3) is 0.667. The average molecular weight is 226 g/mol. The first-order valence-corrected chi connectivity index (χ1v) is 6.65. The van der Waals surface area contributed by atoms with Crippen LogP contribution in [0.4, 0.5) is 0 Å². The zero-order valence-electron chi connectivity index (χ0n) is 9.11. The van der Waals surface area contributed by atoms with Gasteiger partial charge in [0.05, 0.1) is 18.1 Å². The minimum atomic E-state index is -0.112. The van der Waals surface area contributed by atoms with Crippen molar-refractivity contribution in [2.45, 2.75) is 49.7 Å². The summed E-state index contributed by atoms with van der Waals surface area (Å²) in [5, 5.41) is 10.2. The predicted octanol–water partition coefficient (Wildman–Crippen LogP) is 3.12. The molecule has 2 atom stereocenters. The van der Waals surface area contributed by atoms with Crippen molar-refractivity contribution in [1.82, 2.24) is 0 Å². The molecule has 1 aromatic heterocycles. The maximum Gasteiger partial charge on any atom is 0.116 e. The number of aliphatic hydroxyl groups excluding tert-OH is 1. The molecular formula is C12H18O2S. The molecule has 0 bridgehead atoms. The fourth-order valence-corrected chi connectivity index (χ4v) is 3.36. The number of furan rings is 1. The molecule has 84 valence electrons. The van der Waals surface area contributed by atoms with Crippen LogP contribution in [0.1, 0.15) is 37.0 Å². The van der Waals surface area contributed by atoms with Crippen LogP contribution in [0.3, 0.4) is 0 Å². The second-order valence-corrected chi connectivity index (χ2v) is 5.46. The molecular weight excluding hydrogens is 208 g/mol. The van der Waals surface area contributed by atoms with Gasteiger partial charge in [-0.1, -0.05) is 12.8 Å². The van der Waals surface area contributed by atoms with E-state index in [1.807, 2.05) is 17.8 Å². The van der Waals surface area contributed by atoms with Gasteiger partial charge in [-0.3, -0.25) is 0 Å². The Balaban J connectivity index is 1.84. The van der Waals surface area contributed by atoms with E-state index in [4.69, 9.17) is 4.42 Å². The molecule has 0 radical (unpaired) electrons. The maximum atomic E-state index is 9.82. The Bertz CT molecular complexity index is 308. The molecule has 1 saturated carbocycles. The summed E-state index contributed by atoms with van der Waals surface area (Å²) in [5.41, 5.74) is 1.22. The Labute approximate surface area is 95.1 Å². The van der Waals surface area contributed by atoms with Crippen LogP contribution in [0.2, 0.25) is 0 Å². The van der Waals surface area contributed by atoms with Crippen LogP contribution >= 0.6 is 11.8 Å². The van der Waals surface area contributed by atoms with Crippen LogP contribution in [0, 0.1) is 6.92 Å². The van der Waals surface area contributed by atoms with Crippen LogP contribution < -0.4 is 0 Å². The summed E-state index contributed by atoms with van der Waals surface area (Å²) in [5.74, 6) is 1.94. The molecule has 2 rings (SSSR count). The number of hydrogen-bond acceptors (Lipinski definition) is 3. The lowest BCUT2D eigenvalue weighted by Gasteiger charge is -2.26. The summed E-state index contributed by atoms with van der Waals surface area (Å²) in [4.78, 5) is 0. The number of thioether (sulfide) groups is 1. The molecule has 3 heteroatoms. The van der Waals surface area contributed by atoms with E-state index in [0.29, 0.717) is 5.25 Å². The quantitative estimate of drug-likeness (QED) is 0.859. The van der Waals surface area contributed by atoms with Crippen molar-refractivity contribution in [3.63, 3.8) is 0 Å². The molecule has 1 heterocycles. The highest BCUT2D eigenvalue weighted by molar-refractivity contribution is 7.99. The van der Waals surface area contributed by atoms with Crippen molar-refractivity contribution in [2.24, 2.45) is 0 Å². The molecule has 0 spiro atoms. The van der Waals surface area contributed by atoms with Gasteiger partial charge in [-0.2, -0.15) is 0 Å². The zero-order valence-corrected chi connectivity index (χ0v) is 9.93. The van der Waals surface area contributed by atoms with Gasteiger partial charge in [0, 0.05) is 5.25 Å². The summed E-state index contributed by atoms with van der Waals surface area (Å²) in [6.45, 7) is 2.07. The number of aryl methyl sites for hydroxylation is 1. The molecule has 15 heavy (non-hydrogen) atoms. The van der Waals surface area contributed by atoms with Gasteiger partial charge in [-0.05, 0) is 31.4 Å². The second-order valence-electron chi connectivity index (χ2n) is 4.23. The Morgan fingerprint density at radius 1 is 1.47 bits per heavy atom. The monoisotopic (exact) mass is 226 g/mol. The Kier molecular flexibility index (Phi) is 3.76. The third-order valence-corrected chi connectivity index (χ3v) is 4.47. The van der Waals surface area contributed by atoms with Crippen LogP contribution in [0.25, 0.3) is 0 Å². The van der Waals surface area contributed by atoms with Crippen molar-refractivity contribution in [3.8, 4) is 0 Å². The largest absolute Gasteiger partial charge is 0.468 e. The maximum absolute atomic E-state index is 9.82. The average Bonchev–Trinajstić information content (AvgIpc) is 2.63. The molecule has 0 aliphatic heterocycles. The van der Waals surface area contributed by atoms with Crippen LogP contribution in [-0.2, 0) is 5.75 Å². The van der Waals surface area contributed by atoms with Gasteiger partial charge in [0.1, 0.15) is 5.76 Å². The van der Waals surface area contributed by atoms with Gasteiger partial charge in [0.25, 0.3) is 0 Å². The highest BCUT2D eigenvalue weighted by atomic mass is 32.2. The smallest absolute Gasteiger partial charge is 0.116 e. The Morgan fingerprint density at radius 2 is 2.27 bits per heavy atom. The molecule has 0 amide bonds. The van der Waals surface area contributed by atoms with Gasteiger partial charge < -0.3 is 9.52 Å². The SMILES string of the molecule is Cc1ccoc1CS[C@@H]1CCCC[C@H]1O. The second kappa shape index (κ2) is 5.08. The molecule has 1 aliphatic rings. The van der Waals surface area contributed by atoms with E-state index in [2.05, 4.69) is 6.92 Å². The summed E-state index contributed by atoms with van der Waals surface area (Å²) < 4.78 is 5.39. The summed E-state index contributed by atoms with van der Waals surface area (Å²) in [6, 6.07) is 1.99. The normalized spacial score (nSPS) is 26.8. The topological polar surface area (TPSA) is 33.4 Å². The minimum Gasteiger partial charge on any atom is -0.468 e. The zero-order chi connectivity index (χ0) is 10.7. The molecule has 1 N–H and O–H groups in total. The molecule has 1 aromatic rings. The van der Waals surface area contributed by atoms with E-state index in [1.165, 1.54) is 18.4 Å². The minimum absolute atomic E-state index is 0.112. The van der Waals surface area contributed by atoms with Crippen LogP contribution in [0.15, 0.2) is 16.7 Å². The summed E-state index contributed by atoms with van der Waals surface area (Å²) in [6.07, 6.45) is 6.17. The van der Waals surface area contributed by atoms with Gasteiger partial charge in [0.15, 0.2) is 0 Å². The van der Waals surface area contributed by atoms with E-state index in [1.54, 1.807) is 6.26 Å². The van der Waals surface area contributed by atoms with E-state index in [0.717, 1.165) is 24.4 Å². The van der Waals surface area contributed by atoms with Gasteiger partial charge in [-0.25, -0.2) is 0 Å². The van der Waals surface area contributed by atoms with E-state index >= 15 is 0 Å². The molecule has 0 unspecified atom stereocenters. The predicted molar refractivity (Wildman–Crippen MR) is 63.0 cm³/mol. The Hall–Kier alpha value is -0.410. The fourth-order valence-electron chi connectivity index (χ4n) is 2.01.